The van der Waals surface area contributed by atoms with Crippen LogP contribution in [0, 0.1) is 6.92 Å². The first kappa shape index (κ1) is 22.1. The van der Waals surface area contributed by atoms with Crippen LogP contribution in [0.15, 0.2) is 35.1 Å². The Bertz CT molecular complexity index is 917. The number of aromatic nitrogens is 1. The Balaban J connectivity index is 1.42. The lowest BCUT2D eigenvalue weighted by molar-refractivity contribution is -0.0242. The van der Waals surface area contributed by atoms with Gasteiger partial charge in [0.25, 0.3) is 0 Å². The summed E-state index contributed by atoms with van der Waals surface area (Å²) in [5, 5.41) is 0. The number of hydrogen-bond acceptors (Lipinski definition) is 5. The van der Waals surface area contributed by atoms with Crippen molar-refractivity contribution in [3.8, 4) is 0 Å². The monoisotopic (exact) mass is 444 g/mol. The number of methoxy groups -OCH3 is 1. The molecule has 1 aliphatic heterocycles. The highest BCUT2D eigenvalue weighted by molar-refractivity contribution is 7.09. The quantitative estimate of drug-likeness (QED) is 0.719. The van der Waals surface area contributed by atoms with Gasteiger partial charge in [-0.15, -0.1) is 0 Å². The molecule has 4 rings (SSSR count). The van der Waals surface area contributed by atoms with E-state index in [0.29, 0.717) is 19.1 Å². The van der Waals surface area contributed by atoms with Gasteiger partial charge in [0.1, 0.15) is 0 Å². The Morgan fingerprint density at radius 1 is 1.16 bits per heavy atom. The predicted molar refractivity (Wildman–Crippen MR) is 122 cm³/mol. The molecule has 2 atom stereocenters. The van der Waals surface area contributed by atoms with Crippen LogP contribution >= 0.6 is 11.3 Å². The van der Waals surface area contributed by atoms with Crippen LogP contribution in [0.4, 0.5) is 4.79 Å². The van der Waals surface area contributed by atoms with Gasteiger partial charge in [0, 0.05) is 23.0 Å². The van der Waals surface area contributed by atoms with Crippen molar-refractivity contribution in [1.82, 2.24) is 9.88 Å². The molecule has 1 saturated carbocycles. The Morgan fingerprint density at radius 2 is 1.90 bits per heavy atom. The molecule has 1 aromatic heterocycles. The second kappa shape index (κ2) is 10.0. The van der Waals surface area contributed by atoms with Crippen LogP contribution in [0.2, 0.25) is 0 Å². The number of aryl methyl sites for hydroxylation is 1. The number of carbonyl (C=O) groups excluding carboxylic acids is 1. The van der Waals surface area contributed by atoms with Gasteiger partial charge in [-0.2, -0.15) is 0 Å². The molecule has 2 heterocycles. The second-order valence-corrected chi connectivity index (χ2v) is 9.87. The summed E-state index contributed by atoms with van der Waals surface area (Å²) in [5.41, 5.74) is 2.37. The molecule has 0 spiro atoms. The molecule has 1 amide bonds. The molecular formula is C24H32N2O4S. The summed E-state index contributed by atoms with van der Waals surface area (Å²) < 4.78 is 11.4. The lowest BCUT2D eigenvalue weighted by Crippen LogP contribution is -2.50. The zero-order chi connectivity index (χ0) is 21.8. The SMILES string of the molecule is COC(=O)N1CCCC(c2[nH]c(=O)sc2C)[C@@H]1COC1CCC(c2ccccc2)CC1. The molecule has 2 aliphatic rings. The van der Waals surface area contributed by atoms with E-state index in [4.69, 9.17) is 9.47 Å². The molecule has 1 aromatic carbocycles. The molecule has 1 unspecified atom stereocenters. The van der Waals surface area contributed by atoms with Crippen molar-refractivity contribution in [2.45, 2.75) is 69.4 Å². The molecule has 1 saturated heterocycles. The number of piperidine rings is 1. The van der Waals surface area contributed by atoms with E-state index in [9.17, 15) is 9.59 Å². The van der Waals surface area contributed by atoms with E-state index < -0.39 is 0 Å². The van der Waals surface area contributed by atoms with Crippen LogP contribution in [0.5, 0.6) is 0 Å². The van der Waals surface area contributed by atoms with Crippen molar-refractivity contribution in [1.29, 1.82) is 0 Å². The number of carbonyl (C=O) groups is 1. The molecule has 1 N–H and O–H groups in total. The summed E-state index contributed by atoms with van der Waals surface area (Å²) in [6.45, 7) is 3.10. The molecule has 2 fully saturated rings. The minimum atomic E-state index is -0.318. The van der Waals surface area contributed by atoms with Crippen LogP contribution in [-0.2, 0) is 9.47 Å². The Hall–Kier alpha value is -2.12. The number of nitrogens with zero attached hydrogens (tertiary/aromatic N) is 1. The summed E-state index contributed by atoms with van der Waals surface area (Å²) in [5.74, 6) is 0.668. The maximum Gasteiger partial charge on any atom is 0.409 e. The Kier molecular flexibility index (Phi) is 7.13. The van der Waals surface area contributed by atoms with Crippen LogP contribution in [0.25, 0.3) is 0 Å². The number of hydrogen-bond donors (Lipinski definition) is 1. The third kappa shape index (κ3) is 5.04. The highest BCUT2D eigenvalue weighted by Gasteiger charge is 2.38. The van der Waals surface area contributed by atoms with Crippen molar-refractivity contribution in [3.05, 3.63) is 56.1 Å². The number of ether oxygens (including phenoxy) is 2. The molecule has 0 radical (unpaired) electrons. The lowest BCUT2D eigenvalue weighted by Gasteiger charge is -2.41. The summed E-state index contributed by atoms with van der Waals surface area (Å²) in [6.07, 6.45) is 6.02. The Labute approximate surface area is 187 Å². The van der Waals surface area contributed by atoms with Crippen molar-refractivity contribution in [2.75, 3.05) is 20.3 Å². The molecule has 31 heavy (non-hydrogen) atoms. The fraction of sp³-hybridized carbons (Fsp3) is 0.583. The van der Waals surface area contributed by atoms with Crippen molar-refractivity contribution in [2.24, 2.45) is 0 Å². The van der Waals surface area contributed by atoms with Crippen LogP contribution < -0.4 is 4.87 Å². The first-order valence-corrected chi connectivity index (χ1v) is 12.1. The highest BCUT2D eigenvalue weighted by Crippen LogP contribution is 2.37. The molecular weight excluding hydrogens is 412 g/mol. The van der Waals surface area contributed by atoms with Crippen molar-refractivity contribution in [3.63, 3.8) is 0 Å². The van der Waals surface area contributed by atoms with Gasteiger partial charge in [-0.25, -0.2) is 4.79 Å². The number of amides is 1. The molecule has 7 heteroatoms. The topological polar surface area (TPSA) is 71.6 Å². The molecule has 168 valence electrons. The van der Waals surface area contributed by atoms with Crippen LogP contribution in [0.3, 0.4) is 0 Å². The number of nitrogens with one attached hydrogen (secondary N) is 1. The van der Waals surface area contributed by atoms with E-state index in [0.717, 1.165) is 49.1 Å². The maximum atomic E-state index is 12.5. The largest absolute Gasteiger partial charge is 0.453 e. The van der Waals surface area contributed by atoms with E-state index in [1.807, 2.05) is 6.92 Å². The minimum Gasteiger partial charge on any atom is -0.453 e. The molecule has 2 aromatic rings. The standard InChI is InChI=1S/C24H32N2O4S/c1-16-22(25-23(27)31-16)20-9-6-14-26(24(28)29-2)21(20)15-30-19-12-10-18(11-13-19)17-7-4-3-5-8-17/h3-5,7-8,18-21H,6,9-15H2,1-2H3,(H,25,27)/t18?,19?,20?,21-/m0/s1. The summed E-state index contributed by atoms with van der Waals surface area (Å²) in [7, 11) is 1.42. The van der Waals surface area contributed by atoms with Gasteiger partial charge < -0.3 is 19.4 Å². The molecule has 1 aliphatic carbocycles. The molecule has 6 nitrogen and oxygen atoms in total. The van der Waals surface area contributed by atoms with Crippen LogP contribution in [-0.4, -0.2) is 48.4 Å². The fourth-order valence-electron chi connectivity index (χ4n) is 5.24. The maximum absolute atomic E-state index is 12.5. The second-order valence-electron chi connectivity index (χ2n) is 8.68. The fourth-order valence-corrected chi connectivity index (χ4v) is 5.99. The van der Waals surface area contributed by atoms with Gasteiger partial charge in [-0.3, -0.25) is 4.79 Å². The zero-order valence-electron chi connectivity index (χ0n) is 18.3. The van der Waals surface area contributed by atoms with E-state index in [-0.39, 0.29) is 29.0 Å². The smallest absolute Gasteiger partial charge is 0.409 e. The summed E-state index contributed by atoms with van der Waals surface area (Å²) in [6, 6.07) is 10.6. The van der Waals surface area contributed by atoms with E-state index in [1.54, 1.807) is 4.90 Å². The summed E-state index contributed by atoms with van der Waals surface area (Å²) >= 11 is 1.24. The molecule has 0 bridgehead atoms. The van der Waals surface area contributed by atoms with Gasteiger partial charge in [0.05, 0.1) is 25.9 Å². The number of aromatic amines is 1. The van der Waals surface area contributed by atoms with Crippen molar-refractivity contribution >= 4 is 17.4 Å². The van der Waals surface area contributed by atoms with E-state index in [1.165, 1.54) is 24.0 Å². The third-order valence-corrected chi connectivity index (χ3v) is 7.68. The van der Waals surface area contributed by atoms with E-state index in [2.05, 4.69) is 35.3 Å². The van der Waals surface area contributed by atoms with Gasteiger partial charge in [-0.05, 0) is 56.9 Å². The number of thiazole rings is 1. The highest BCUT2D eigenvalue weighted by atomic mass is 32.1. The van der Waals surface area contributed by atoms with Crippen molar-refractivity contribution < 1.29 is 14.3 Å². The van der Waals surface area contributed by atoms with Gasteiger partial charge in [0.15, 0.2) is 0 Å². The minimum absolute atomic E-state index is 0.0402. The number of benzene rings is 1. The van der Waals surface area contributed by atoms with Crippen LogP contribution in [0.1, 0.15) is 66.5 Å². The first-order chi connectivity index (χ1) is 15.1. The number of likely N-dealkylation sites (tertiary alicyclic amines) is 1. The Morgan fingerprint density at radius 3 is 2.55 bits per heavy atom. The zero-order valence-corrected chi connectivity index (χ0v) is 19.2. The third-order valence-electron chi connectivity index (χ3n) is 6.87. The van der Waals surface area contributed by atoms with Gasteiger partial charge in [-0.1, -0.05) is 41.7 Å². The average molecular weight is 445 g/mol. The first-order valence-electron chi connectivity index (χ1n) is 11.3. The summed E-state index contributed by atoms with van der Waals surface area (Å²) in [4.78, 5) is 30.1. The van der Waals surface area contributed by atoms with E-state index >= 15 is 0 Å². The lowest BCUT2D eigenvalue weighted by atomic mass is 9.82. The van der Waals surface area contributed by atoms with Gasteiger partial charge in [0.2, 0.25) is 0 Å². The number of rotatable bonds is 5. The van der Waals surface area contributed by atoms with Gasteiger partial charge >= 0.3 is 11.0 Å². The average Bonchev–Trinajstić information content (AvgIpc) is 3.15. The normalized spacial score (nSPS) is 26.6. The number of H-pyrrole nitrogens is 1. The predicted octanol–water partition coefficient (Wildman–Crippen LogP) is 4.80.